The summed E-state index contributed by atoms with van der Waals surface area (Å²) < 4.78 is 2.16. The van der Waals surface area contributed by atoms with Crippen LogP contribution < -0.4 is 0 Å². The molecule has 0 fully saturated rings. The molecule has 0 radical (unpaired) electrons. The van der Waals surface area contributed by atoms with Crippen molar-refractivity contribution >= 4 is 28.5 Å². The number of carbonyl (C=O) groups is 1. The number of fused-ring (bicyclic) bond motifs is 1. The number of aromatic nitrogens is 2. The molecule has 27 heavy (non-hydrogen) atoms. The Balaban J connectivity index is 1.98. The maximum atomic E-state index is 13.1. The third-order valence-corrected chi connectivity index (χ3v) is 4.93. The van der Waals surface area contributed by atoms with Gasteiger partial charge < -0.3 is 9.47 Å². The first-order valence-electron chi connectivity index (χ1n) is 9.54. The molecule has 0 spiro atoms. The number of benzene rings is 2. The van der Waals surface area contributed by atoms with Crippen molar-refractivity contribution in [3.8, 4) is 0 Å². The molecule has 5 heteroatoms. The fourth-order valence-electron chi connectivity index (χ4n) is 3.43. The number of hydrogen-bond donors (Lipinski definition) is 0. The Morgan fingerprint density at radius 3 is 2.63 bits per heavy atom. The Bertz CT molecular complexity index is 948. The Hall–Kier alpha value is -2.33. The summed E-state index contributed by atoms with van der Waals surface area (Å²) in [5.74, 6) is 0.927. The van der Waals surface area contributed by atoms with Gasteiger partial charge in [-0.3, -0.25) is 4.79 Å². The van der Waals surface area contributed by atoms with Gasteiger partial charge in [0.25, 0.3) is 5.91 Å². The maximum absolute atomic E-state index is 13.1. The summed E-state index contributed by atoms with van der Waals surface area (Å²) in [6, 6.07) is 13.5. The summed E-state index contributed by atoms with van der Waals surface area (Å²) in [5, 5.41) is 0.701. The average molecular weight is 384 g/mol. The lowest BCUT2D eigenvalue weighted by molar-refractivity contribution is 0.0737. The van der Waals surface area contributed by atoms with Crippen LogP contribution in [0.25, 0.3) is 11.0 Å². The zero-order chi connectivity index (χ0) is 19.4. The van der Waals surface area contributed by atoms with Gasteiger partial charge in [-0.1, -0.05) is 49.2 Å². The van der Waals surface area contributed by atoms with Gasteiger partial charge in [0.1, 0.15) is 5.82 Å². The van der Waals surface area contributed by atoms with E-state index in [1.807, 2.05) is 54.3 Å². The van der Waals surface area contributed by atoms with E-state index in [0.29, 0.717) is 18.1 Å². The van der Waals surface area contributed by atoms with Crippen LogP contribution in [0.2, 0.25) is 5.02 Å². The fourth-order valence-corrected chi connectivity index (χ4v) is 3.70. The lowest BCUT2D eigenvalue weighted by atomic mass is 10.1. The standard InChI is InChI=1S/C22H26ClN3O/c1-4-12-25(22(27)17-9-6-8-16(3)14-17)15-20-24-19-11-7-10-18(23)21(19)26(20)13-5-2/h6-11,14H,4-5,12-13,15H2,1-3H3. The third kappa shape index (κ3) is 4.16. The van der Waals surface area contributed by atoms with Crippen molar-refractivity contribution in [1.29, 1.82) is 0 Å². The zero-order valence-corrected chi connectivity index (χ0v) is 17.0. The predicted octanol–water partition coefficient (Wildman–Crippen LogP) is 5.46. The van der Waals surface area contributed by atoms with Crippen LogP contribution in [0.1, 0.15) is 48.4 Å². The van der Waals surface area contributed by atoms with E-state index in [1.165, 1.54) is 0 Å². The number of para-hydroxylation sites is 1. The maximum Gasteiger partial charge on any atom is 0.254 e. The van der Waals surface area contributed by atoms with E-state index in [2.05, 4.69) is 18.4 Å². The monoisotopic (exact) mass is 383 g/mol. The molecule has 3 rings (SSSR count). The van der Waals surface area contributed by atoms with Gasteiger partial charge in [-0.2, -0.15) is 0 Å². The minimum absolute atomic E-state index is 0.0433. The molecule has 1 aromatic heterocycles. The van der Waals surface area contributed by atoms with Gasteiger partial charge in [0, 0.05) is 18.7 Å². The quantitative estimate of drug-likeness (QED) is 0.543. The lowest BCUT2D eigenvalue weighted by Crippen LogP contribution is -2.32. The van der Waals surface area contributed by atoms with E-state index >= 15 is 0 Å². The van der Waals surface area contributed by atoms with E-state index in [1.54, 1.807) is 0 Å². The summed E-state index contributed by atoms with van der Waals surface area (Å²) in [4.78, 5) is 19.8. The van der Waals surface area contributed by atoms with E-state index < -0.39 is 0 Å². The first-order valence-corrected chi connectivity index (χ1v) is 9.92. The minimum Gasteiger partial charge on any atom is -0.331 e. The highest BCUT2D eigenvalue weighted by Crippen LogP contribution is 2.26. The van der Waals surface area contributed by atoms with Crippen molar-refractivity contribution in [1.82, 2.24) is 14.5 Å². The molecule has 0 atom stereocenters. The van der Waals surface area contributed by atoms with Crippen LogP contribution in [0.5, 0.6) is 0 Å². The summed E-state index contributed by atoms with van der Waals surface area (Å²) in [6.07, 6.45) is 1.87. The number of carbonyl (C=O) groups excluding carboxylic acids is 1. The van der Waals surface area contributed by atoms with Crippen LogP contribution in [-0.2, 0) is 13.1 Å². The molecular formula is C22H26ClN3O. The van der Waals surface area contributed by atoms with E-state index in [9.17, 15) is 4.79 Å². The zero-order valence-electron chi connectivity index (χ0n) is 16.2. The summed E-state index contributed by atoms with van der Waals surface area (Å²) >= 11 is 6.44. The summed E-state index contributed by atoms with van der Waals surface area (Å²) in [7, 11) is 0. The molecule has 0 aliphatic rings. The molecule has 0 bridgehead atoms. The molecule has 4 nitrogen and oxygen atoms in total. The van der Waals surface area contributed by atoms with Crippen LogP contribution in [-0.4, -0.2) is 26.9 Å². The molecule has 0 N–H and O–H groups in total. The molecule has 142 valence electrons. The largest absolute Gasteiger partial charge is 0.331 e. The van der Waals surface area contributed by atoms with Crippen molar-refractivity contribution in [2.75, 3.05) is 6.54 Å². The first-order chi connectivity index (χ1) is 13.0. The van der Waals surface area contributed by atoms with Crippen molar-refractivity contribution in [2.45, 2.75) is 46.7 Å². The summed E-state index contributed by atoms with van der Waals surface area (Å²) in [6.45, 7) is 8.22. The molecular weight excluding hydrogens is 358 g/mol. The lowest BCUT2D eigenvalue weighted by Gasteiger charge is -2.23. The molecule has 1 amide bonds. The van der Waals surface area contributed by atoms with Crippen molar-refractivity contribution in [2.24, 2.45) is 0 Å². The molecule has 1 heterocycles. The van der Waals surface area contributed by atoms with Crippen molar-refractivity contribution < 1.29 is 4.79 Å². The highest BCUT2D eigenvalue weighted by Gasteiger charge is 2.20. The average Bonchev–Trinajstić information content (AvgIpc) is 3.00. The van der Waals surface area contributed by atoms with Gasteiger partial charge >= 0.3 is 0 Å². The number of nitrogens with zero attached hydrogens (tertiary/aromatic N) is 3. The van der Waals surface area contributed by atoms with E-state index in [4.69, 9.17) is 16.6 Å². The molecule has 0 aliphatic heterocycles. The number of imidazole rings is 1. The second-order valence-electron chi connectivity index (χ2n) is 6.88. The van der Waals surface area contributed by atoms with Gasteiger partial charge in [-0.25, -0.2) is 4.98 Å². The third-order valence-electron chi connectivity index (χ3n) is 4.62. The number of halogens is 1. The molecule has 0 saturated carbocycles. The topological polar surface area (TPSA) is 38.1 Å². The van der Waals surface area contributed by atoms with E-state index in [0.717, 1.165) is 47.4 Å². The molecule has 3 aromatic rings. The van der Waals surface area contributed by atoms with Crippen LogP contribution in [0, 0.1) is 6.92 Å². The molecule has 2 aromatic carbocycles. The minimum atomic E-state index is 0.0433. The van der Waals surface area contributed by atoms with Gasteiger partial charge in [-0.15, -0.1) is 0 Å². The Kier molecular flexibility index (Phi) is 6.17. The van der Waals surface area contributed by atoms with Gasteiger partial charge in [0.05, 0.1) is 22.6 Å². The highest BCUT2D eigenvalue weighted by molar-refractivity contribution is 6.35. The Morgan fingerprint density at radius 2 is 1.93 bits per heavy atom. The van der Waals surface area contributed by atoms with Crippen LogP contribution in [0.4, 0.5) is 0 Å². The number of aryl methyl sites for hydroxylation is 2. The second kappa shape index (κ2) is 8.57. The summed E-state index contributed by atoms with van der Waals surface area (Å²) in [5.41, 5.74) is 3.64. The van der Waals surface area contributed by atoms with Crippen molar-refractivity contribution in [3.63, 3.8) is 0 Å². The predicted molar refractivity (Wildman–Crippen MR) is 111 cm³/mol. The number of amides is 1. The van der Waals surface area contributed by atoms with Crippen LogP contribution >= 0.6 is 11.6 Å². The van der Waals surface area contributed by atoms with Crippen molar-refractivity contribution in [3.05, 3.63) is 64.4 Å². The SMILES string of the molecule is CCCN(Cc1nc2cccc(Cl)c2n1CCC)C(=O)c1cccc(C)c1. The Labute approximate surface area is 165 Å². The van der Waals surface area contributed by atoms with Gasteiger partial charge in [-0.05, 0) is 44.0 Å². The van der Waals surface area contributed by atoms with Gasteiger partial charge in [0.2, 0.25) is 0 Å². The second-order valence-corrected chi connectivity index (χ2v) is 7.29. The number of hydrogen-bond acceptors (Lipinski definition) is 2. The molecule has 0 unspecified atom stereocenters. The fraction of sp³-hybridized carbons (Fsp3) is 0.364. The van der Waals surface area contributed by atoms with E-state index in [-0.39, 0.29) is 5.91 Å². The Morgan fingerprint density at radius 1 is 1.15 bits per heavy atom. The molecule has 0 saturated heterocycles. The number of rotatable bonds is 7. The van der Waals surface area contributed by atoms with Crippen LogP contribution in [0.15, 0.2) is 42.5 Å². The highest BCUT2D eigenvalue weighted by atomic mass is 35.5. The first kappa shape index (κ1) is 19.4. The van der Waals surface area contributed by atoms with Gasteiger partial charge in [0.15, 0.2) is 0 Å². The normalized spacial score (nSPS) is 11.1. The smallest absolute Gasteiger partial charge is 0.254 e. The molecule has 0 aliphatic carbocycles. The van der Waals surface area contributed by atoms with Crippen LogP contribution in [0.3, 0.4) is 0 Å².